The monoisotopic (exact) mass is 467 g/mol. The van der Waals surface area contributed by atoms with Crippen LogP contribution in [-0.2, 0) is 11.2 Å². The number of aromatic nitrogens is 2. The lowest BCUT2D eigenvalue weighted by molar-refractivity contribution is -0.120. The minimum atomic E-state index is -0.670. The maximum atomic E-state index is 13.6. The summed E-state index contributed by atoms with van der Waals surface area (Å²) in [6, 6.07) is 8.37. The maximum Gasteiger partial charge on any atom is 0.260 e. The van der Waals surface area contributed by atoms with Crippen molar-refractivity contribution in [1.29, 1.82) is 0 Å². The van der Waals surface area contributed by atoms with Crippen molar-refractivity contribution in [3.05, 3.63) is 68.4 Å². The molecule has 3 aromatic rings. The van der Waals surface area contributed by atoms with Gasteiger partial charge in [0, 0.05) is 0 Å². The summed E-state index contributed by atoms with van der Waals surface area (Å²) in [7, 11) is 0. The summed E-state index contributed by atoms with van der Waals surface area (Å²) < 4.78 is 13.6. The fourth-order valence-corrected chi connectivity index (χ4v) is 3.44. The number of carbonyl (C=O) groups excluding carboxylic acids is 2. The molecule has 0 saturated heterocycles. The van der Waals surface area contributed by atoms with Crippen molar-refractivity contribution in [3.8, 4) is 5.75 Å². The molecule has 154 valence electrons. The highest BCUT2D eigenvalue weighted by atomic mass is 35.5. The van der Waals surface area contributed by atoms with Crippen LogP contribution in [0.15, 0.2) is 41.5 Å². The van der Waals surface area contributed by atoms with E-state index in [1.807, 2.05) is 0 Å². The number of nitrogens with zero attached hydrogens (tertiary/aromatic N) is 3. The molecule has 0 unspecified atom stereocenters. The first-order chi connectivity index (χ1) is 14.3. The number of halogens is 3. The fraction of sp³-hybridized carbons (Fsp3) is 0.0556. The Balaban J connectivity index is 1.55. The summed E-state index contributed by atoms with van der Waals surface area (Å²) in [6.07, 6.45) is 1.16. The molecule has 0 bridgehead atoms. The Bertz CT molecular complexity index is 1120. The van der Waals surface area contributed by atoms with Gasteiger partial charge in [0.15, 0.2) is 5.75 Å². The van der Waals surface area contributed by atoms with Gasteiger partial charge < -0.3 is 5.11 Å². The van der Waals surface area contributed by atoms with E-state index in [2.05, 4.69) is 26.0 Å². The predicted octanol–water partition coefficient (Wildman–Crippen LogP) is 3.63. The number of hydrazone groups is 1. The highest BCUT2D eigenvalue weighted by molar-refractivity contribution is 7.15. The molecule has 2 amide bonds. The molecule has 2 aromatic carbocycles. The van der Waals surface area contributed by atoms with E-state index in [9.17, 15) is 19.1 Å². The average Bonchev–Trinajstić information content (AvgIpc) is 3.12. The largest absolute Gasteiger partial charge is 0.505 e. The van der Waals surface area contributed by atoms with Crippen molar-refractivity contribution in [1.82, 2.24) is 15.6 Å². The van der Waals surface area contributed by atoms with Crippen LogP contribution in [0.4, 0.5) is 9.52 Å². The van der Waals surface area contributed by atoms with Crippen LogP contribution in [0.3, 0.4) is 0 Å². The van der Waals surface area contributed by atoms with Crippen LogP contribution in [0.5, 0.6) is 5.75 Å². The van der Waals surface area contributed by atoms with Gasteiger partial charge >= 0.3 is 0 Å². The smallest absolute Gasteiger partial charge is 0.260 e. The van der Waals surface area contributed by atoms with E-state index in [4.69, 9.17) is 23.2 Å². The molecular formula is C18H12Cl2FN5O3S. The highest BCUT2D eigenvalue weighted by Crippen LogP contribution is 2.32. The zero-order chi connectivity index (χ0) is 21.7. The summed E-state index contributed by atoms with van der Waals surface area (Å²) in [5.74, 6) is -2.05. The van der Waals surface area contributed by atoms with E-state index >= 15 is 0 Å². The Labute approximate surface area is 183 Å². The van der Waals surface area contributed by atoms with Gasteiger partial charge in [-0.1, -0.05) is 46.7 Å². The van der Waals surface area contributed by atoms with E-state index in [-0.39, 0.29) is 32.9 Å². The standard InChI is InChI=1S/C18H12Cl2FN5O3S/c19-11-5-9(6-12(20)16(11)28)8-22-24-14(27)7-15-25-26-18(30-15)23-17(29)10-3-1-2-4-13(10)21/h1-6,8,28H,7H2,(H,24,27)(H,23,26,29)/b22-8+. The molecule has 0 atom stereocenters. The SMILES string of the molecule is O=C(Cc1nnc(NC(=O)c2ccccc2F)s1)N/N=C/c1cc(Cl)c(O)c(Cl)c1. The normalized spacial score (nSPS) is 10.9. The van der Waals surface area contributed by atoms with E-state index < -0.39 is 17.6 Å². The summed E-state index contributed by atoms with van der Waals surface area (Å²) in [4.78, 5) is 24.0. The van der Waals surface area contributed by atoms with Crippen LogP contribution >= 0.6 is 34.5 Å². The Morgan fingerprint density at radius 1 is 1.20 bits per heavy atom. The van der Waals surface area contributed by atoms with Gasteiger partial charge in [0.25, 0.3) is 5.91 Å². The van der Waals surface area contributed by atoms with Gasteiger partial charge in [-0.05, 0) is 29.8 Å². The minimum Gasteiger partial charge on any atom is -0.505 e. The van der Waals surface area contributed by atoms with Gasteiger partial charge in [0.2, 0.25) is 11.0 Å². The van der Waals surface area contributed by atoms with Crippen LogP contribution in [0, 0.1) is 5.82 Å². The molecule has 0 aliphatic carbocycles. The number of hydrogen-bond acceptors (Lipinski definition) is 7. The van der Waals surface area contributed by atoms with Gasteiger partial charge in [-0.25, -0.2) is 9.82 Å². The maximum absolute atomic E-state index is 13.6. The number of anilines is 1. The summed E-state index contributed by atoms with van der Waals surface area (Å²) in [5, 5.41) is 23.8. The average molecular weight is 468 g/mol. The van der Waals surface area contributed by atoms with Crippen LogP contribution in [-0.4, -0.2) is 33.3 Å². The molecule has 0 aliphatic rings. The van der Waals surface area contributed by atoms with Crippen molar-refractivity contribution >= 4 is 57.7 Å². The molecule has 8 nitrogen and oxygen atoms in total. The van der Waals surface area contributed by atoms with Crippen LogP contribution in [0.1, 0.15) is 20.9 Å². The molecule has 3 rings (SSSR count). The minimum absolute atomic E-state index is 0.0501. The Hall–Kier alpha value is -3.08. The summed E-state index contributed by atoms with van der Waals surface area (Å²) in [6.45, 7) is 0. The molecule has 0 fully saturated rings. The van der Waals surface area contributed by atoms with Crippen molar-refractivity contribution in [2.75, 3.05) is 5.32 Å². The molecule has 1 heterocycles. The first-order valence-corrected chi connectivity index (χ1v) is 9.79. The highest BCUT2D eigenvalue weighted by Gasteiger charge is 2.15. The second-order valence-corrected chi connectivity index (χ2v) is 7.61. The number of amides is 2. The number of rotatable bonds is 6. The zero-order valence-electron chi connectivity index (χ0n) is 14.9. The predicted molar refractivity (Wildman–Crippen MR) is 112 cm³/mol. The van der Waals surface area contributed by atoms with Gasteiger partial charge in [0.1, 0.15) is 10.8 Å². The van der Waals surface area contributed by atoms with Crippen molar-refractivity contribution in [3.63, 3.8) is 0 Å². The fourth-order valence-electron chi connectivity index (χ4n) is 2.20. The Morgan fingerprint density at radius 2 is 1.90 bits per heavy atom. The number of carbonyl (C=O) groups is 2. The lowest BCUT2D eigenvalue weighted by atomic mass is 10.2. The molecule has 3 N–H and O–H groups in total. The Kier molecular flexibility index (Phi) is 6.93. The van der Waals surface area contributed by atoms with Crippen molar-refractivity contribution < 1.29 is 19.1 Å². The summed E-state index contributed by atoms with van der Waals surface area (Å²) >= 11 is 12.6. The summed E-state index contributed by atoms with van der Waals surface area (Å²) in [5.41, 5.74) is 2.64. The molecule has 0 spiro atoms. The van der Waals surface area contributed by atoms with E-state index in [0.29, 0.717) is 10.6 Å². The van der Waals surface area contributed by atoms with E-state index in [1.54, 1.807) is 0 Å². The lowest BCUT2D eigenvalue weighted by Crippen LogP contribution is -2.19. The number of hydrogen-bond donors (Lipinski definition) is 3. The van der Waals surface area contributed by atoms with E-state index in [0.717, 1.165) is 11.3 Å². The number of nitrogens with one attached hydrogen (secondary N) is 2. The number of phenols is 1. The number of phenolic OH excluding ortho intramolecular Hbond substituents is 1. The van der Waals surface area contributed by atoms with Crippen LogP contribution < -0.4 is 10.7 Å². The van der Waals surface area contributed by atoms with Gasteiger partial charge in [-0.2, -0.15) is 5.10 Å². The molecular weight excluding hydrogens is 456 g/mol. The first kappa shape index (κ1) is 21.6. The topological polar surface area (TPSA) is 117 Å². The second kappa shape index (κ2) is 9.61. The molecule has 1 aromatic heterocycles. The lowest BCUT2D eigenvalue weighted by Gasteiger charge is -2.02. The van der Waals surface area contributed by atoms with Gasteiger partial charge in [-0.3, -0.25) is 14.9 Å². The van der Waals surface area contributed by atoms with Crippen molar-refractivity contribution in [2.45, 2.75) is 6.42 Å². The molecule has 0 saturated carbocycles. The van der Waals surface area contributed by atoms with Gasteiger partial charge in [0.05, 0.1) is 28.2 Å². The molecule has 30 heavy (non-hydrogen) atoms. The van der Waals surface area contributed by atoms with Crippen molar-refractivity contribution in [2.24, 2.45) is 5.10 Å². The van der Waals surface area contributed by atoms with Gasteiger partial charge in [-0.15, -0.1) is 10.2 Å². The first-order valence-electron chi connectivity index (χ1n) is 8.21. The second-order valence-electron chi connectivity index (χ2n) is 5.74. The third-order valence-corrected chi connectivity index (χ3v) is 4.97. The molecule has 0 radical (unpaired) electrons. The van der Waals surface area contributed by atoms with Crippen LogP contribution in [0.2, 0.25) is 10.0 Å². The third-order valence-electron chi connectivity index (χ3n) is 3.56. The van der Waals surface area contributed by atoms with Crippen LogP contribution in [0.25, 0.3) is 0 Å². The number of benzene rings is 2. The number of aromatic hydroxyl groups is 1. The zero-order valence-corrected chi connectivity index (χ0v) is 17.2. The molecule has 12 heteroatoms. The molecule has 0 aliphatic heterocycles. The third kappa shape index (κ3) is 5.50. The quantitative estimate of drug-likeness (QED) is 0.377. The Morgan fingerprint density at radius 3 is 2.60 bits per heavy atom. The van der Waals surface area contributed by atoms with E-state index in [1.165, 1.54) is 42.6 Å².